The van der Waals surface area contributed by atoms with Crippen molar-refractivity contribution in [2.24, 2.45) is 5.92 Å². The lowest BCUT2D eigenvalue weighted by Crippen LogP contribution is -2.49. The molecule has 84 valence electrons. The fourth-order valence-corrected chi connectivity index (χ4v) is 2.65. The zero-order valence-electron chi connectivity index (χ0n) is 10.4. The average molecular weight is 198 g/mol. The van der Waals surface area contributed by atoms with E-state index < -0.39 is 0 Å². The highest BCUT2D eigenvalue weighted by atomic mass is 15.2. The first-order valence-electron chi connectivity index (χ1n) is 5.93. The highest BCUT2D eigenvalue weighted by Gasteiger charge is 2.30. The quantitative estimate of drug-likeness (QED) is 0.744. The number of nitrogens with zero attached hydrogens (tertiary/aromatic N) is 1. The van der Waals surface area contributed by atoms with Gasteiger partial charge in [0.2, 0.25) is 0 Å². The van der Waals surface area contributed by atoms with E-state index in [1.807, 2.05) is 0 Å². The molecule has 2 nitrogen and oxygen atoms in total. The van der Waals surface area contributed by atoms with E-state index in [2.05, 4.69) is 44.8 Å². The second-order valence-corrected chi connectivity index (χ2v) is 5.53. The van der Waals surface area contributed by atoms with E-state index in [0.29, 0.717) is 0 Å². The third kappa shape index (κ3) is 3.25. The molecule has 1 aliphatic heterocycles. The molecule has 0 saturated carbocycles. The fraction of sp³-hybridized carbons (Fsp3) is 1.00. The van der Waals surface area contributed by atoms with E-state index in [0.717, 1.165) is 18.5 Å². The lowest BCUT2D eigenvalue weighted by molar-refractivity contribution is 0.194. The lowest BCUT2D eigenvalue weighted by Gasteiger charge is -2.33. The maximum atomic E-state index is 3.54. The van der Waals surface area contributed by atoms with Crippen LogP contribution in [0, 0.1) is 5.92 Å². The van der Waals surface area contributed by atoms with E-state index >= 15 is 0 Å². The third-order valence-corrected chi connectivity index (χ3v) is 3.17. The van der Waals surface area contributed by atoms with Gasteiger partial charge in [-0.3, -0.25) is 4.90 Å². The van der Waals surface area contributed by atoms with Crippen LogP contribution in [0.15, 0.2) is 0 Å². The largest absolute Gasteiger partial charge is 0.311 e. The van der Waals surface area contributed by atoms with Gasteiger partial charge in [0.25, 0.3) is 0 Å². The number of likely N-dealkylation sites (N-methyl/N-ethyl adjacent to an activating group) is 1. The van der Waals surface area contributed by atoms with Crippen LogP contribution in [0.25, 0.3) is 0 Å². The maximum absolute atomic E-state index is 3.54. The predicted octanol–water partition coefficient (Wildman–Crippen LogP) is 2.10. The van der Waals surface area contributed by atoms with Crippen molar-refractivity contribution >= 4 is 0 Å². The van der Waals surface area contributed by atoms with Gasteiger partial charge in [-0.2, -0.15) is 0 Å². The number of hydrogen-bond acceptors (Lipinski definition) is 2. The van der Waals surface area contributed by atoms with Crippen LogP contribution in [0.1, 0.15) is 41.0 Å². The Hall–Kier alpha value is -0.0800. The van der Waals surface area contributed by atoms with Gasteiger partial charge in [0.1, 0.15) is 0 Å². The van der Waals surface area contributed by atoms with Gasteiger partial charge in [0, 0.05) is 24.7 Å². The van der Waals surface area contributed by atoms with Crippen molar-refractivity contribution in [2.75, 3.05) is 19.6 Å². The zero-order valence-corrected chi connectivity index (χ0v) is 10.4. The molecule has 2 unspecified atom stereocenters. The van der Waals surface area contributed by atoms with Crippen molar-refractivity contribution in [1.29, 1.82) is 0 Å². The Morgan fingerprint density at radius 1 is 1.36 bits per heavy atom. The third-order valence-electron chi connectivity index (χ3n) is 3.17. The lowest BCUT2D eigenvalue weighted by atomic mass is 10.0. The summed E-state index contributed by atoms with van der Waals surface area (Å²) in [5.74, 6) is 0.877. The Morgan fingerprint density at radius 3 is 2.43 bits per heavy atom. The molecular formula is C12H26N2. The SMILES string of the molecule is CCNC(C)(C)CN1CC(C)CC1C. The summed E-state index contributed by atoms with van der Waals surface area (Å²) in [6, 6.07) is 0.767. The molecule has 1 fully saturated rings. The predicted molar refractivity (Wildman–Crippen MR) is 62.6 cm³/mol. The molecule has 1 heterocycles. The second-order valence-electron chi connectivity index (χ2n) is 5.53. The van der Waals surface area contributed by atoms with Gasteiger partial charge in [-0.15, -0.1) is 0 Å². The van der Waals surface area contributed by atoms with Crippen molar-refractivity contribution in [3.05, 3.63) is 0 Å². The number of nitrogens with one attached hydrogen (secondary N) is 1. The Morgan fingerprint density at radius 2 is 2.00 bits per heavy atom. The second kappa shape index (κ2) is 4.63. The monoisotopic (exact) mass is 198 g/mol. The Balaban J connectivity index is 2.43. The van der Waals surface area contributed by atoms with Gasteiger partial charge < -0.3 is 5.32 Å². The molecule has 0 amide bonds. The topological polar surface area (TPSA) is 15.3 Å². The van der Waals surface area contributed by atoms with Crippen LogP contribution >= 0.6 is 0 Å². The van der Waals surface area contributed by atoms with Crippen LogP contribution < -0.4 is 5.32 Å². The van der Waals surface area contributed by atoms with Crippen molar-refractivity contribution < 1.29 is 0 Å². The molecule has 1 rings (SSSR count). The molecule has 2 atom stereocenters. The molecular weight excluding hydrogens is 172 g/mol. The van der Waals surface area contributed by atoms with Crippen LogP contribution in [0.3, 0.4) is 0 Å². The average Bonchev–Trinajstić information content (AvgIpc) is 2.28. The minimum atomic E-state index is 0.257. The fourth-order valence-electron chi connectivity index (χ4n) is 2.65. The van der Waals surface area contributed by atoms with Crippen molar-refractivity contribution in [2.45, 2.75) is 52.6 Å². The van der Waals surface area contributed by atoms with Gasteiger partial charge >= 0.3 is 0 Å². The number of rotatable bonds is 4. The molecule has 0 aromatic carbocycles. The molecule has 0 aromatic heterocycles. The van der Waals surface area contributed by atoms with E-state index in [9.17, 15) is 0 Å². The van der Waals surface area contributed by atoms with E-state index in [-0.39, 0.29) is 5.54 Å². The van der Waals surface area contributed by atoms with Crippen LogP contribution in [0.5, 0.6) is 0 Å². The smallest absolute Gasteiger partial charge is 0.0252 e. The summed E-state index contributed by atoms with van der Waals surface area (Å²) in [6.07, 6.45) is 1.36. The molecule has 0 bridgehead atoms. The normalized spacial score (nSPS) is 29.8. The summed E-state index contributed by atoms with van der Waals surface area (Å²) in [4.78, 5) is 2.62. The highest BCUT2D eigenvalue weighted by molar-refractivity contribution is 4.88. The summed E-state index contributed by atoms with van der Waals surface area (Å²) >= 11 is 0. The molecule has 0 aromatic rings. The van der Waals surface area contributed by atoms with Crippen molar-refractivity contribution in [3.8, 4) is 0 Å². The summed E-state index contributed by atoms with van der Waals surface area (Å²) < 4.78 is 0. The minimum absolute atomic E-state index is 0.257. The molecule has 0 spiro atoms. The Bertz CT molecular complexity index is 177. The van der Waals surface area contributed by atoms with Crippen LogP contribution in [-0.2, 0) is 0 Å². The van der Waals surface area contributed by atoms with Gasteiger partial charge in [-0.1, -0.05) is 13.8 Å². The highest BCUT2D eigenvalue weighted by Crippen LogP contribution is 2.23. The first-order chi connectivity index (χ1) is 6.44. The maximum Gasteiger partial charge on any atom is 0.0252 e. The van der Waals surface area contributed by atoms with Gasteiger partial charge in [-0.25, -0.2) is 0 Å². The zero-order chi connectivity index (χ0) is 10.8. The Kier molecular flexibility index (Phi) is 3.96. The first kappa shape index (κ1) is 12.0. The van der Waals surface area contributed by atoms with E-state index in [1.165, 1.54) is 19.5 Å². The molecule has 0 aliphatic carbocycles. The van der Waals surface area contributed by atoms with E-state index in [4.69, 9.17) is 0 Å². The van der Waals surface area contributed by atoms with Crippen LogP contribution in [0.4, 0.5) is 0 Å². The summed E-state index contributed by atoms with van der Waals surface area (Å²) in [5.41, 5.74) is 0.257. The van der Waals surface area contributed by atoms with Gasteiger partial charge in [0.15, 0.2) is 0 Å². The van der Waals surface area contributed by atoms with Gasteiger partial charge in [0.05, 0.1) is 0 Å². The molecule has 2 heteroatoms. The summed E-state index contributed by atoms with van der Waals surface area (Å²) in [6.45, 7) is 15.0. The first-order valence-corrected chi connectivity index (χ1v) is 5.93. The molecule has 14 heavy (non-hydrogen) atoms. The molecule has 0 radical (unpaired) electrons. The number of likely N-dealkylation sites (tertiary alicyclic amines) is 1. The minimum Gasteiger partial charge on any atom is -0.311 e. The summed E-state index contributed by atoms with van der Waals surface area (Å²) in [5, 5.41) is 3.54. The van der Waals surface area contributed by atoms with Crippen molar-refractivity contribution in [3.63, 3.8) is 0 Å². The van der Waals surface area contributed by atoms with Crippen LogP contribution in [0.2, 0.25) is 0 Å². The molecule has 1 N–H and O–H groups in total. The summed E-state index contributed by atoms with van der Waals surface area (Å²) in [7, 11) is 0. The van der Waals surface area contributed by atoms with Gasteiger partial charge in [-0.05, 0) is 39.7 Å². The van der Waals surface area contributed by atoms with E-state index in [1.54, 1.807) is 0 Å². The van der Waals surface area contributed by atoms with Crippen LogP contribution in [-0.4, -0.2) is 36.1 Å². The Labute approximate surface area is 89.1 Å². The standard InChI is InChI=1S/C12H26N2/c1-6-13-12(4,5)9-14-8-10(2)7-11(14)3/h10-11,13H,6-9H2,1-5H3. The van der Waals surface area contributed by atoms with Crippen molar-refractivity contribution in [1.82, 2.24) is 10.2 Å². The number of hydrogen-bond donors (Lipinski definition) is 1. The molecule has 1 saturated heterocycles. The molecule has 1 aliphatic rings.